The van der Waals surface area contributed by atoms with Gasteiger partial charge in [-0.25, -0.2) is 8.42 Å². The van der Waals surface area contributed by atoms with Crippen LogP contribution in [0.15, 0.2) is 22.1 Å². The first-order chi connectivity index (χ1) is 7.11. The Morgan fingerprint density at radius 2 is 1.94 bits per heavy atom. The fraction of sp³-hybridized carbons (Fsp3) is 0.167. The number of H-pyrrole nitrogens is 1. The normalized spacial score (nSPS) is 12.5. The molecule has 0 aliphatic carbocycles. The molecule has 0 aliphatic heterocycles. The van der Waals surface area contributed by atoms with Gasteiger partial charge in [0.25, 0.3) is 9.05 Å². The van der Waals surface area contributed by atoms with E-state index >= 15 is 0 Å². The first kappa shape index (κ1) is 12.8. The number of rotatable bonds is 2. The minimum Gasteiger partial charge on any atom is -0.398 e. The van der Waals surface area contributed by atoms with Crippen LogP contribution in [-0.4, -0.2) is 19.8 Å². The first-order valence-corrected chi connectivity index (χ1v) is 5.84. The van der Waals surface area contributed by atoms with Crippen molar-refractivity contribution in [3.05, 3.63) is 22.5 Å². The Morgan fingerprint density at radius 1 is 1.38 bits per heavy atom. The lowest BCUT2D eigenvalue weighted by Crippen LogP contribution is -2.23. The van der Waals surface area contributed by atoms with Gasteiger partial charge in [0.05, 0.1) is 0 Å². The zero-order valence-corrected chi connectivity index (χ0v) is 8.78. The molecule has 1 aromatic heterocycles. The van der Waals surface area contributed by atoms with E-state index in [1.807, 2.05) is 4.98 Å². The third kappa shape index (κ3) is 3.14. The van der Waals surface area contributed by atoms with Gasteiger partial charge in [-0.15, -0.1) is 13.2 Å². The molecule has 5 nitrogen and oxygen atoms in total. The van der Waals surface area contributed by atoms with Crippen molar-refractivity contribution in [2.75, 3.05) is 0 Å². The minimum absolute atomic E-state index is 0.673. The number of hydrogen-bond donors (Lipinski definition) is 1. The molecule has 90 valence electrons. The Hall–Kier alpha value is -1.22. The second-order valence-corrected chi connectivity index (χ2v) is 4.99. The van der Waals surface area contributed by atoms with E-state index in [1.54, 1.807) is 0 Å². The second-order valence-electron chi connectivity index (χ2n) is 2.49. The molecule has 0 bridgehead atoms. The molecule has 0 atom stereocenters. The van der Waals surface area contributed by atoms with Crippen molar-refractivity contribution in [2.45, 2.75) is 11.4 Å². The summed E-state index contributed by atoms with van der Waals surface area (Å²) in [6.07, 6.45) is -4.36. The molecule has 0 unspecified atom stereocenters. The van der Waals surface area contributed by atoms with Crippen molar-refractivity contribution in [2.24, 2.45) is 0 Å². The second kappa shape index (κ2) is 3.98. The third-order valence-electron chi connectivity index (χ3n) is 1.34. The van der Waals surface area contributed by atoms with E-state index in [2.05, 4.69) is 4.74 Å². The Kier molecular flexibility index (Phi) is 3.20. The summed E-state index contributed by atoms with van der Waals surface area (Å²) >= 11 is 0. The van der Waals surface area contributed by atoms with E-state index in [0.29, 0.717) is 6.07 Å². The summed E-state index contributed by atoms with van der Waals surface area (Å²) in [4.78, 5) is 12.9. The molecule has 0 aromatic carbocycles. The first-order valence-electron chi connectivity index (χ1n) is 3.53. The van der Waals surface area contributed by atoms with E-state index in [0.717, 1.165) is 6.20 Å². The maximum absolute atomic E-state index is 11.9. The van der Waals surface area contributed by atoms with Gasteiger partial charge in [-0.3, -0.25) is 4.79 Å². The molecule has 1 aromatic rings. The van der Waals surface area contributed by atoms with Crippen molar-refractivity contribution in [3.8, 4) is 5.75 Å². The third-order valence-corrected chi connectivity index (χ3v) is 2.59. The summed E-state index contributed by atoms with van der Waals surface area (Å²) in [7, 11) is 0.283. The van der Waals surface area contributed by atoms with E-state index in [-0.39, 0.29) is 0 Å². The SMILES string of the molecule is O=c1cc[nH]c(S(=O)(=O)Cl)c1OC(F)(F)F. The molecule has 1 heterocycles. The highest BCUT2D eigenvalue weighted by Crippen LogP contribution is 2.26. The monoisotopic (exact) mass is 277 g/mol. The van der Waals surface area contributed by atoms with E-state index < -0.39 is 31.6 Å². The molecule has 16 heavy (non-hydrogen) atoms. The summed E-state index contributed by atoms with van der Waals surface area (Å²) in [5.41, 5.74) is -1.25. The van der Waals surface area contributed by atoms with Gasteiger partial charge in [-0.05, 0) is 0 Å². The molecule has 10 heteroatoms. The minimum atomic E-state index is -5.19. The van der Waals surface area contributed by atoms with E-state index in [4.69, 9.17) is 10.7 Å². The number of halogens is 4. The highest BCUT2D eigenvalue weighted by Gasteiger charge is 2.35. The van der Waals surface area contributed by atoms with Crippen LogP contribution in [0.2, 0.25) is 0 Å². The summed E-state index contributed by atoms with van der Waals surface area (Å²) in [6, 6.07) is 0.673. The number of aromatic nitrogens is 1. The Balaban J connectivity index is 3.43. The summed E-state index contributed by atoms with van der Waals surface area (Å²) < 4.78 is 60.6. The summed E-state index contributed by atoms with van der Waals surface area (Å²) in [5, 5.41) is -1.14. The highest BCUT2D eigenvalue weighted by atomic mass is 35.7. The smallest absolute Gasteiger partial charge is 0.398 e. The van der Waals surface area contributed by atoms with Gasteiger partial charge in [0.2, 0.25) is 11.2 Å². The number of hydrogen-bond acceptors (Lipinski definition) is 4. The fourth-order valence-electron chi connectivity index (χ4n) is 0.840. The predicted molar refractivity (Wildman–Crippen MR) is 46.8 cm³/mol. The molecule has 0 aliphatic rings. The fourth-order valence-corrected chi connectivity index (χ4v) is 1.76. The van der Waals surface area contributed by atoms with Crippen molar-refractivity contribution >= 4 is 19.7 Å². The van der Waals surface area contributed by atoms with Gasteiger partial charge >= 0.3 is 6.36 Å². The molecule has 0 fully saturated rings. The molecule has 0 saturated carbocycles. The van der Waals surface area contributed by atoms with Crippen LogP contribution in [-0.2, 0) is 9.05 Å². The lowest BCUT2D eigenvalue weighted by atomic mass is 10.4. The van der Waals surface area contributed by atoms with Gasteiger partial charge in [0.15, 0.2) is 5.03 Å². The van der Waals surface area contributed by atoms with Gasteiger partial charge in [-0.2, -0.15) is 0 Å². The summed E-state index contributed by atoms with van der Waals surface area (Å²) in [5.74, 6) is -1.41. The lowest BCUT2D eigenvalue weighted by molar-refractivity contribution is -0.276. The van der Waals surface area contributed by atoms with Crippen molar-refractivity contribution in [3.63, 3.8) is 0 Å². The highest BCUT2D eigenvalue weighted by molar-refractivity contribution is 8.13. The van der Waals surface area contributed by atoms with Crippen LogP contribution >= 0.6 is 10.7 Å². The van der Waals surface area contributed by atoms with Crippen molar-refractivity contribution < 1.29 is 26.3 Å². The molecule has 1 rings (SSSR count). The van der Waals surface area contributed by atoms with Crippen LogP contribution in [0.25, 0.3) is 0 Å². The Labute approximate surface area is 91.2 Å². The maximum Gasteiger partial charge on any atom is 0.573 e. The molecule has 0 amide bonds. The van der Waals surface area contributed by atoms with E-state index in [1.165, 1.54) is 0 Å². The maximum atomic E-state index is 11.9. The topological polar surface area (TPSA) is 76.2 Å². The Morgan fingerprint density at radius 3 is 2.38 bits per heavy atom. The van der Waals surface area contributed by atoms with Gasteiger partial charge in [0, 0.05) is 22.9 Å². The number of aromatic amines is 1. The largest absolute Gasteiger partial charge is 0.573 e. The molecule has 1 N–H and O–H groups in total. The quantitative estimate of drug-likeness (QED) is 0.824. The molecule has 0 spiro atoms. The molecule has 0 saturated heterocycles. The Bertz CT molecular complexity index is 550. The van der Waals surface area contributed by atoms with Gasteiger partial charge in [0.1, 0.15) is 0 Å². The number of nitrogens with one attached hydrogen (secondary N) is 1. The molecular weight excluding hydrogens is 275 g/mol. The van der Waals surface area contributed by atoms with Crippen LogP contribution in [0.5, 0.6) is 5.75 Å². The number of pyridine rings is 1. The van der Waals surface area contributed by atoms with Crippen molar-refractivity contribution in [1.82, 2.24) is 4.98 Å². The van der Waals surface area contributed by atoms with Crippen LogP contribution in [0.1, 0.15) is 0 Å². The standard InChI is InChI=1S/C6H3ClF3NO4S/c7-16(13,14)5-4(15-6(8,9)10)3(12)1-2-11-5/h1-2H,(H,11,12). The van der Waals surface area contributed by atoms with Crippen LogP contribution in [0.4, 0.5) is 13.2 Å². The van der Waals surface area contributed by atoms with Crippen LogP contribution < -0.4 is 10.2 Å². The molecular formula is C6H3ClF3NO4S. The number of ether oxygens (including phenoxy) is 1. The zero-order chi connectivity index (χ0) is 12.6. The lowest BCUT2D eigenvalue weighted by Gasteiger charge is -2.09. The average molecular weight is 278 g/mol. The average Bonchev–Trinajstić information content (AvgIpc) is 2.04. The summed E-state index contributed by atoms with van der Waals surface area (Å²) in [6.45, 7) is 0. The number of alkyl halides is 3. The van der Waals surface area contributed by atoms with Gasteiger partial charge in [-0.1, -0.05) is 0 Å². The van der Waals surface area contributed by atoms with Crippen molar-refractivity contribution in [1.29, 1.82) is 0 Å². The zero-order valence-electron chi connectivity index (χ0n) is 7.21. The van der Waals surface area contributed by atoms with Gasteiger partial charge < -0.3 is 9.72 Å². The van der Waals surface area contributed by atoms with E-state index in [9.17, 15) is 26.4 Å². The van der Waals surface area contributed by atoms with Crippen LogP contribution in [0, 0.1) is 0 Å². The predicted octanol–water partition coefficient (Wildman–Crippen LogP) is 1.20. The molecule has 0 radical (unpaired) electrons. The van der Waals surface area contributed by atoms with Crippen LogP contribution in [0.3, 0.4) is 0 Å².